The van der Waals surface area contributed by atoms with Gasteiger partial charge in [-0.3, -0.25) is 0 Å². The Hall–Kier alpha value is -2.14. The average molecular weight is 269 g/mol. The summed E-state index contributed by atoms with van der Waals surface area (Å²) in [6.45, 7) is 2.84. The highest BCUT2D eigenvalue weighted by Crippen LogP contribution is 2.38. The van der Waals surface area contributed by atoms with E-state index in [0.717, 1.165) is 18.2 Å². The highest BCUT2D eigenvalue weighted by atomic mass is 15.3. The second kappa shape index (κ2) is 5.46. The summed E-state index contributed by atoms with van der Waals surface area (Å²) in [7, 11) is 0. The van der Waals surface area contributed by atoms with Gasteiger partial charge in [0.25, 0.3) is 0 Å². The summed E-state index contributed by atoms with van der Waals surface area (Å²) in [5.41, 5.74) is 5.10. The van der Waals surface area contributed by atoms with Crippen molar-refractivity contribution in [1.82, 2.24) is 9.97 Å². The molecule has 1 aliphatic rings. The predicted octanol–water partition coefficient (Wildman–Crippen LogP) is 2.56. The third-order valence-corrected chi connectivity index (χ3v) is 3.39. The van der Waals surface area contributed by atoms with E-state index in [1.165, 1.54) is 24.0 Å². The minimum absolute atomic E-state index is 0.503. The van der Waals surface area contributed by atoms with Crippen LogP contribution in [-0.4, -0.2) is 9.97 Å². The van der Waals surface area contributed by atoms with Crippen molar-refractivity contribution in [3.05, 3.63) is 47.3 Å². The van der Waals surface area contributed by atoms with E-state index >= 15 is 0 Å². The minimum atomic E-state index is 0.503. The normalized spacial score (nSPS) is 14.1. The third-order valence-electron chi connectivity index (χ3n) is 3.39. The molecule has 0 amide bonds. The molecule has 0 atom stereocenters. The number of aromatic nitrogens is 2. The molecule has 1 fully saturated rings. The van der Waals surface area contributed by atoms with Crippen molar-refractivity contribution in [3.63, 3.8) is 0 Å². The van der Waals surface area contributed by atoms with Crippen LogP contribution in [-0.2, 0) is 6.54 Å². The molecule has 104 valence electrons. The Kier molecular flexibility index (Phi) is 3.52. The van der Waals surface area contributed by atoms with Gasteiger partial charge >= 0.3 is 0 Å². The first-order valence-electron chi connectivity index (χ1n) is 6.89. The van der Waals surface area contributed by atoms with E-state index in [1.54, 1.807) is 0 Å². The first kappa shape index (κ1) is 12.9. The Morgan fingerprint density at radius 3 is 2.70 bits per heavy atom. The van der Waals surface area contributed by atoms with Crippen LogP contribution in [0.3, 0.4) is 0 Å². The first-order chi connectivity index (χ1) is 9.74. The number of hydrazine groups is 1. The fourth-order valence-corrected chi connectivity index (χ4v) is 2.17. The van der Waals surface area contributed by atoms with E-state index in [1.807, 2.05) is 6.07 Å². The van der Waals surface area contributed by atoms with Crippen molar-refractivity contribution >= 4 is 11.6 Å². The molecule has 0 radical (unpaired) electrons. The average Bonchev–Trinajstić information content (AvgIpc) is 3.29. The zero-order valence-electron chi connectivity index (χ0n) is 11.6. The molecule has 0 unspecified atom stereocenters. The lowest BCUT2D eigenvalue weighted by Gasteiger charge is -2.10. The topological polar surface area (TPSA) is 75.9 Å². The molecule has 3 rings (SSSR count). The van der Waals surface area contributed by atoms with E-state index in [2.05, 4.69) is 51.9 Å². The summed E-state index contributed by atoms with van der Waals surface area (Å²) >= 11 is 0. The Morgan fingerprint density at radius 1 is 1.20 bits per heavy atom. The Balaban J connectivity index is 1.74. The van der Waals surface area contributed by atoms with Crippen LogP contribution < -0.4 is 16.6 Å². The summed E-state index contributed by atoms with van der Waals surface area (Å²) in [6, 6.07) is 10.3. The van der Waals surface area contributed by atoms with Gasteiger partial charge in [0.15, 0.2) is 0 Å². The standard InChI is InChI=1S/C15H19N5/c1-10-3-2-4-11(7-10)9-17-13-8-14(20-16)19-15(18-13)12-5-6-12/h2-4,7-8,12H,5-6,9,16H2,1H3,(H2,17,18,19,20). The van der Waals surface area contributed by atoms with E-state index in [9.17, 15) is 0 Å². The number of hydrogen-bond donors (Lipinski definition) is 3. The summed E-state index contributed by atoms with van der Waals surface area (Å²) in [5, 5.41) is 3.34. The van der Waals surface area contributed by atoms with E-state index in [0.29, 0.717) is 11.7 Å². The lowest BCUT2D eigenvalue weighted by molar-refractivity contribution is 0.920. The van der Waals surface area contributed by atoms with Gasteiger partial charge in [-0.1, -0.05) is 29.8 Å². The number of aryl methyl sites for hydroxylation is 1. The van der Waals surface area contributed by atoms with E-state index < -0.39 is 0 Å². The number of anilines is 2. The molecule has 1 aliphatic carbocycles. The number of rotatable bonds is 5. The van der Waals surface area contributed by atoms with Crippen molar-refractivity contribution in [3.8, 4) is 0 Å². The van der Waals surface area contributed by atoms with Gasteiger partial charge < -0.3 is 10.7 Å². The summed E-state index contributed by atoms with van der Waals surface area (Å²) in [6.07, 6.45) is 2.34. The number of nitrogens with one attached hydrogen (secondary N) is 2. The molecule has 1 heterocycles. The van der Waals surface area contributed by atoms with Crippen molar-refractivity contribution < 1.29 is 0 Å². The quantitative estimate of drug-likeness (QED) is 0.574. The monoisotopic (exact) mass is 269 g/mol. The first-order valence-corrected chi connectivity index (χ1v) is 6.89. The fourth-order valence-electron chi connectivity index (χ4n) is 2.17. The molecule has 0 bridgehead atoms. The maximum absolute atomic E-state index is 5.47. The van der Waals surface area contributed by atoms with Crippen molar-refractivity contribution in [2.75, 3.05) is 10.7 Å². The maximum Gasteiger partial charge on any atom is 0.145 e. The third kappa shape index (κ3) is 3.05. The fraction of sp³-hybridized carbons (Fsp3) is 0.333. The molecule has 5 nitrogen and oxygen atoms in total. The number of hydrogen-bond acceptors (Lipinski definition) is 5. The van der Waals surface area contributed by atoms with Gasteiger partial charge in [0.2, 0.25) is 0 Å². The maximum atomic E-state index is 5.47. The Bertz CT molecular complexity index is 607. The molecule has 1 aromatic heterocycles. The van der Waals surface area contributed by atoms with Crippen molar-refractivity contribution in [2.45, 2.75) is 32.2 Å². The van der Waals surface area contributed by atoms with Gasteiger partial charge in [0, 0.05) is 18.5 Å². The van der Waals surface area contributed by atoms with Gasteiger partial charge in [0.05, 0.1) is 0 Å². The lowest BCUT2D eigenvalue weighted by Crippen LogP contribution is -2.12. The second-order valence-corrected chi connectivity index (χ2v) is 5.26. The molecule has 1 aromatic carbocycles. The smallest absolute Gasteiger partial charge is 0.145 e. The van der Waals surface area contributed by atoms with Crippen LogP contribution in [0, 0.1) is 6.92 Å². The molecule has 1 saturated carbocycles. The Labute approximate surface area is 118 Å². The van der Waals surface area contributed by atoms with Crippen LogP contribution in [0.25, 0.3) is 0 Å². The number of nitrogens with two attached hydrogens (primary N) is 1. The van der Waals surface area contributed by atoms with E-state index in [-0.39, 0.29) is 0 Å². The number of nitrogen functional groups attached to an aromatic ring is 1. The van der Waals surface area contributed by atoms with Gasteiger partial charge in [0.1, 0.15) is 17.5 Å². The minimum Gasteiger partial charge on any atom is -0.366 e. The number of nitrogens with zero attached hydrogens (tertiary/aromatic N) is 2. The Morgan fingerprint density at radius 2 is 2.00 bits per heavy atom. The van der Waals surface area contributed by atoms with Crippen LogP contribution in [0.2, 0.25) is 0 Å². The number of benzene rings is 1. The van der Waals surface area contributed by atoms with Gasteiger partial charge in [-0.15, -0.1) is 0 Å². The van der Waals surface area contributed by atoms with Crippen LogP contribution in [0.15, 0.2) is 30.3 Å². The van der Waals surface area contributed by atoms with Gasteiger partial charge in [-0.2, -0.15) is 0 Å². The molecule has 0 spiro atoms. The zero-order valence-corrected chi connectivity index (χ0v) is 11.6. The van der Waals surface area contributed by atoms with Gasteiger partial charge in [-0.05, 0) is 25.3 Å². The van der Waals surface area contributed by atoms with Crippen LogP contribution in [0.5, 0.6) is 0 Å². The lowest BCUT2D eigenvalue weighted by atomic mass is 10.1. The predicted molar refractivity (Wildman–Crippen MR) is 80.3 cm³/mol. The zero-order chi connectivity index (χ0) is 13.9. The molecule has 5 heteroatoms. The summed E-state index contributed by atoms with van der Waals surface area (Å²) in [5.74, 6) is 8.33. The van der Waals surface area contributed by atoms with Gasteiger partial charge in [-0.25, -0.2) is 15.8 Å². The molecular weight excluding hydrogens is 250 g/mol. The van der Waals surface area contributed by atoms with E-state index in [4.69, 9.17) is 5.84 Å². The molecule has 0 aliphatic heterocycles. The van der Waals surface area contributed by atoms with Crippen molar-refractivity contribution in [2.24, 2.45) is 5.84 Å². The molecule has 20 heavy (non-hydrogen) atoms. The van der Waals surface area contributed by atoms with Crippen molar-refractivity contribution in [1.29, 1.82) is 0 Å². The van der Waals surface area contributed by atoms with Crippen LogP contribution in [0.4, 0.5) is 11.6 Å². The SMILES string of the molecule is Cc1cccc(CNc2cc(NN)nc(C3CC3)n2)c1. The molecule has 0 saturated heterocycles. The van der Waals surface area contributed by atoms with Crippen LogP contribution in [0.1, 0.15) is 35.7 Å². The molecular formula is C15H19N5. The largest absolute Gasteiger partial charge is 0.366 e. The van der Waals surface area contributed by atoms with Crippen LogP contribution >= 0.6 is 0 Å². The molecule has 4 N–H and O–H groups in total. The summed E-state index contributed by atoms with van der Waals surface area (Å²) < 4.78 is 0. The molecule has 2 aromatic rings. The second-order valence-electron chi connectivity index (χ2n) is 5.26. The highest BCUT2D eigenvalue weighted by Gasteiger charge is 2.27. The highest BCUT2D eigenvalue weighted by molar-refractivity contribution is 5.48. The summed E-state index contributed by atoms with van der Waals surface area (Å²) in [4.78, 5) is 8.96.